The Labute approximate surface area is 83.0 Å². The second-order valence-electron chi connectivity index (χ2n) is 3.28. The van der Waals surface area contributed by atoms with Crippen LogP contribution in [0.1, 0.15) is 13.8 Å². The van der Waals surface area contributed by atoms with Crippen LogP contribution in [0.2, 0.25) is 0 Å². The van der Waals surface area contributed by atoms with Crippen LogP contribution in [0.3, 0.4) is 0 Å². The minimum atomic E-state index is -0.426. The molecule has 0 atom stereocenters. The Morgan fingerprint density at radius 2 is 2.00 bits per heavy atom. The van der Waals surface area contributed by atoms with Crippen LogP contribution in [0.25, 0.3) is 0 Å². The summed E-state index contributed by atoms with van der Waals surface area (Å²) >= 11 is 0. The number of hydrogen-bond donors (Lipinski definition) is 1. The fourth-order valence-electron chi connectivity index (χ4n) is 1.18. The van der Waals surface area contributed by atoms with Crippen LogP contribution >= 0.6 is 0 Å². The van der Waals surface area contributed by atoms with Crippen molar-refractivity contribution in [3.05, 3.63) is 18.2 Å². The van der Waals surface area contributed by atoms with Gasteiger partial charge in [0.25, 0.3) is 0 Å². The summed E-state index contributed by atoms with van der Waals surface area (Å²) in [4.78, 5) is 9.74. The maximum absolute atomic E-state index is 12.6. The molecule has 0 unspecified atom stereocenters. The first kappa shape index (κ1) is 10.8. The average molecular weight is 198 g/mol. The van der Waals surface area contributed by atoms with Crippen LogP contribution in [-0.2, 0) is 0 Å². The number of rotatable bonds is 4. The quantitative estimate of drug-likeness (QED) is 0.777. The van der Waals surface area contributed by atoms with Gasteiger partial charge in [-0.25, -0.2) is 14.4 Å². The maximum Gasteiger partial charge on any atom is 0.225 e. The van der Waals surface area contributed by atoms with Gasteiger partial charge in [0.1, 0.15) is 0 Å². The zero-order valence-electron chi connectivity index (χ0n) is 8.44. The molecule has 0 saturated heterocycles. The van der Waals surface area contributed by atoms with Gasteiger partial charge in [-0.05, 0) is 13.8 Å². The molecule has 1 aromatic rings. The molecule has 0 aliphatic carbocycles. The van der Waals surface area contributed by atoms with E-state index in [0.29, 0.717) is 19.0 Å². The molecule has 4 nitrogen and oxygen atoms in total. The molecule has 0 spiro atoms. The lowest BCUT2D eigenvalue weighted by Gasteiger charge is -2.25. The van der Waals surface area contributed by atoms with Gasteiger partial charge in [0.15, 0.2) is 5.82 Å². The Hall–Kier alpha value is -1.23. The van der Waals surface area contributed by atoms with Crippen molar-refractivity contribution in [1.29, 1.82) is 0 Å². The van der Waals surface area contributed by atoms with Gasteiger partial charge in [0.05, 0.1) is 12.4 Å². The number of aromatic nitrogens is 2. The molecule has 0 radical (unpaired) electrons. The molecule has 1 aromatic heterocycles. The van der Waals surface area contributed by atoms with E-state index >= 15 is 0 Å². The minimum Gasteiger partial charge on any atom is -0.337 e. The Morgan fingerprint density at radius 3 is 2.43 bits per heavy atom. The van der Waals surface area contributed by atoms with Gasteiger partial charge >= 0.3 is 0 Å². The van der Waals surface area contributed by atoms with Gasteiger partial charge in [-0.1, -0.05) is 0 Å². The van der Waals surface area contributed by atoms with Crippen molar-refractivity contribution in [2.75, 3.05) is 18.0 Å². The van der Waals surface area contributed by atoms with Gasteiger partial charge in [0.2, 0.25) is 5.95 Å². The summed E-state index contributed by atoms with van der Waals surface area (Å²) in [6.45, 7) is 5.23. The third-order valence-electron chi connectivity index (χ3n) is 1.86. The zero-order chi connectivity index (χ0) is 10.6. The molecule has 78 valence electrons. The normalized spacial score (nSPS) is 10.6. The molecule has 0 fully saturated rings. The first-order valence-electron chi connectivity index (χ1n) is 4.59. The van der Waals surface area contributed by atoms with Crippen LogP contribution in [-0.4, -0.2) is 29.1 Å². The molecule has 1 rings (SSSR count). The molecule has 0 aliphatic rings. The first-order valence-corrected chi connectivity index (χ1v) is 4.59. The lowest BCUT2D eigenvalue weighted by molar-refractivity contribution is 0.604. The monoisotopic (exact) mass is 198 g/mol. The molecular weight excluding hydrogens is 183 g/mol. The van der Waals surface area contributed by atoms with Gasteiger partial charge in [0, 0.05) is 19.1 Å². The molecule has 0 aliphatic heterocycles. The number of nitrogens with two attached hydrogens (primary N) is 1. The van der Waals surface area contributed by atoms with Gasteiger partial charge in [-0.3, -0.25) is 0 Å². The highest BCUT2D eigenvalue weighted by molar-refractivity contribution is 5.29. The summed E-state index contributed by atoms with van der Waals surface area (Å²) < 4.78 is 12.6. The summed E-state index contributed by atoms with van der Waals surface area (Å²) in [5, 5.41) is 0. The zero-order valence-corrected chi connectivity index (χ0v) is 8.44. The summed E-state index contributed by atoms with van der Waals surface area (Å²) in [5.41, 5.74) is 5.46. The van der Waals surface area contributed by atoms with E-state index in [1.807, 2.05) is 18.7 Å². The third kappa shape index (κ3) is 2.63. The summed E-state index contributed by atoms with van der Waals surface area (Å²) in [7, 11) is 0. The van der Waals surface area contributed by atoms with Crippen molar-refractivity contribution in [3.63, 3.8) is 0 Å². The number of halogens is 1. The van der Waals surface area contributed by atoms with Gasteiger partial charge < -0.3 is 10.6 Å². The molecule has 1 heterocycles. The fourth-order valence-corrected chi connectivity index (χ4v) is 1.18. The van der Waals surface area contributed by atoms with Crippen molar-refractivity contribution in [3.8, 4) is 0 Å². The molecule has 0 aromatic carbocycles. The lowest BCUT2D eigenvalue weighted by Crippen LogP contribution is -2.36. The highest BCUT2D eigenvalue weighted by Gasteiger charge is 2.11. The minimum absolute atomic E-state index is 0.254. The van der Waals surface area contributed by atoms with E-state index in [0.717, 1.165) is 12.4 Å². The Morgan fingerprint density at radius 1 is 1.43 bits per heavy atom. The van der Waals surface area contributed by atoms with Crippen LogP contribution in [0.5, 0.6) is 0 Å². The summed E-state index contributed by atoms with van der Waals surface area (Å²) in [6.07, 6.45) is 2.32. The number of anilines is 1. The summed E-state index contributed by atoms with van der Waals surface area (Å²) in [6, 6.07) is 0.254. The van der Waals surface area contributed by atoms with Crippen LogP contribution in [0, 0.1) is 5.82 Å². The number of hydrogen-bond acceptors (Lipinski definition) is 4. The molecule has 14 heavy (non-hydrogen) atoms. The van der Waals surface area contributed by atoms with E-state index in [1.54, 1.807) is 0 Å². The highest BCUT2D eigenvalue weighted by Crippen LogP contribution is 2.09. The van der Waals surface area contributed by atoms with E-state index < -0.39 is 5.82 Å². The molecule has 0 saturated carbocycles. The van der Waals surface area contributed by atoms with Crippen LogP contribution in [0.15, 0.2) is 12.4 Å². The maximum atomic E-state index is 12.6. The first-order chi connectivity index (χ1) is 6.65. The van der Waals surface area contributed by atoms with E-state index in [9.17, 15) is 4.39 Å². The van der Waals surface area contributed by atoms with Crippen LogP contribution < -0.4 is 10.6 Å². The predicted octanol–water partition coefficient (Wildman–Crippen LogP) is 0.789. The second-order valence-corrected chi connectivity index (χ2v) is 3.28. The Balaban J connectivity index is 2.82. The van der Waals surface area contributed by atoms with E-state index in [2.05, 4.69) is 9.97 Å². The lowest BCUT2D eigenvalue weighted by atomic mass is 10.3. The standard InChI is InChI=1S/C9H15FN4/c1-7(2)14(4-3-11)9-12-5-8(10)6-13-9/h5-7H,3-4,11H2,1-2H3. The Kier molecular flexibility index (Phi) is 3.76. The topological polar surface area (TPSA) is 55.0 Å². The smallest absolute Gasteiger partial charge is 0.225 e. The van der Waals surface area contributed by atoms with Crippen molar-refractivity contribution >= 4 is 5.95 Å². The molecule has 0 bridgehead atoms. The molecule has 2 N–H and O–H groups in total. The van der Waals surface area contributed by atoms with E-state index in [-0.39, 0.29) is 6.04 Å². The van der Waals surface area contributed by atoms with Gasteiger partial charge in [-0.2, -0.15) is 0 Å². The fraction of sp³-hybridized carbons (Fsp3) is 0.556. The van der Waals surface area contributed by atoms with Gasteiger partial charge in [-0.15, -0.1) is 0 Å². The molecular formula is C9H15FN4. The second kappa shape index (κ2) is 4.85. The van der Waals surface area contributed by atoms with E-state index in [1.165, 1.54) is 0 Å². The van der Waals surface area contributed by atoms with Crippen molar-refractivity contribution < 1.29 is 4.39 Å². The summed E-state index contributed by atoms with van der Waals surface area (Å²) in [5.74, 6) is 0.0945. The van der Waals surface area contributed by atoms with E-state index in [4.69, 9.17) is 5.73 Å². The largest absolute Gasteiger partial charge is 0.337 e. The van der Waals surface area contributed by atoms with Crippen molar-refractivity contribution in [1.82, 2.24) is 9.97 Å². The SMILES string of the molecule is CC(C)N(CCN)c1ncc(F)cn1. The Bertz CT molecular complexity index is 273. The van der Waals surface area contributed by atoms with Crippen molar-refractivity contribution in [2.45, 2.75) is 19.9 Å². The number of nitrogens with zero attached hydrogens (tertiary/aromatic N) is 3. The average Bonchev–Trinajstić information content (AvgIpc) is 2.15. The molecule has 0 amide bonds. The van der Waals surface area contributed by atoms with Crippen molar-refractivity contribution in [2.24, 2.45) is 5.73 Å². The third-order valence-corrected chi connectivity index (χ3v) is 1.86. The predicted molar refractivity (Wildman–Crippen MR) is 53.5 cm³/mol. The highest BCUT2D eigenvalue weighted by atomic mass is 19.1. The molecule has 5 heteroatoms. The van der Waals surface area contributed by atoms with Crippen LogP contribution in [0.4, 0.5) is 10.3 Å².